The molecule has 0 heterocycles. The molecular weight excluding hydrogens is 380 g/mol. The van der Waals surface area contributed by atoms with Gasteiger partial charge < -0.3 is 14.2 Å². The Morgan fingerprint density at radius 1 is 1.00 bits per heavy atom. The van der Waals surface area contributed by atoms with Crippen molar-refractivity contribution in [2.24, 2.45) is 5.41 Å². The Labute approximate surface area is 180 Å². The molecule has 0 spiro atoms. The van der Waals surface area contributed by atoms with Crippen LogP contribution in [-0.4, -0.2) is 31.8 Å². The van der Waals surface area contributed by atoms with Crippen LogP contribution < -0.4 is 0 Å². The summed E-state index contributed by atoms with van der Waals surface area (Å²) in [5.74, 6) is -1.11. The summed E-state index contributed by atoms with van der Waals surface area (Å²) in [6, 6.07) is 9.87. The van der Waals surface area contributed by atoms with Gasteiger partial charge in [0, 0.05) is 0 Å². The van der Waals surface area contributed by atoms with Crippen LogP contribution in [0.25, 0.3) is 0 Å². The van der Waals surface area contributed by atoms with Crippen LogP contribution in [0.1, 0.15) is 45.6 Å². The standard InChI is InChI=1S/C25H34O5/c1-5-29-23(26)25(24(27)30-6-2,17-11-10-14-21(3)4)18-12-13-19-28-20-22-15-8-7-9-16-22/h7-10,12-16H,3,5-6,11,17-20H2,1-2,4H3/b13-12-,14-10+. The van der Waals surface area contributed by atoms with Gasteiger partial charge in [0.1, 0.15) is 0 Å². The van der Waals surface area contributed by atoms with E-state index in [0.717, 1.165) is 11.1 Å². The van der Waals surface area contributed by atoms with Crippen molar-refractivity contribution >= 4 is 11.9 Å². The summed E-state index contributed by atoms with van der Waals surface area (Å²) >= 11 is 0. The molecule has 0 radical (unpaired) electrons. The van der Waals surface area contributed by atoms with Crippen LogP contribution in [0.5, 0.6) is 0 Å². The quantitative estimate of drug-likeness (QED) is 0.138. The highest BCUT2D eigenvalue weighted by atomic mass is 16.6. The lowest BCUT2D eigenvalue weighted by atomic mass is 9.79. The van der Waals surface area contributed by atoms with Gasteiger partial charge in [-0.1, -0.05) is 66.8 Å². The monoisotopic (exact) mass is 414 g/mol. The number of allylic oxidation sites excluding steroid dienone is 4. The van der Waals surface area contributed by atoms with Crippen LogP contribution in [0.4, 0.5) is 0 Å². The van der Waals surface area contributed by atoms with E-state index in [-0.39, 0.29) is 19.6 Å². The summed E-state index contributed by atoms with van der Waals surface area (Å²) in [5, 5.41) is 0. The normalized spacial score (nSPS) is 11.7. The van der Waals surface area contributed by atoms with Crippen LogP contribution in [0.3, 0.4) is 0 Å². The molecule has 5 heteroatoms. The Bertz CT molecular complexity index is 700. The van der Waals surface area contributed by atoms with Gasteiger partial charge in [-0.15, -0.1) is 0 Å². The highest BCUT2D eigenvalue weighted by molar-refractivity contribution is 6.00. The molecule has 0 amide bonds. The van der Waals surface area contributed by atoms with Crippen LogP contribution in [0, 0.1) is 5.41 Å². The van der Waals surface area contributed by atoms with Crippen molar-refractivity contribution in [3.8, 4) is 0 Å². The fourth-order valence-corrected chi connectivity index (χ4v) is 2.88. The Morgan fingerprint density at radius 2 is 1.63 bits per heavy atom. The number of carbonyl (C=O) groups excluding carboxylic acids is 2. The van der Waals surface area contributed by atoms with Crippen LogP contribution in [-0.2, 0) is 30.4 Å². The molecule has 0 saturated carbocycles. The van der Waals surface area contributed by atoms with E-state index in [1.54, 1.807) is 19.9 Å². The number of rotatable bonds is 14. The smallest absolute Gasteiger partial charge is 0.323 e. The lowest BCUT2D eigenvalue weighted by molar-refractivity contribution is -0.172. The second kappa shape index (κ2) is 14.3. The first-order valence-corrected chi connectivity index (χ1v) is 10.4. The van der Waals surface area contributed by atoms with Crippen LogP contribution in [0.2, 0.25) is 0 Å². The lowest BCUT2D eigenvalue weighted by Crippen LogP contribution is -2.42. The van der Waals surface area contributed by atoms with E-state index < -0.39 is 17.4 Å². The molecule has 164 valence electrons. The van der Waals surface area contributed by atoms with Gasteiger partial charge in [0.15, 0.2) is 5.41 Å². The Morgan fingerprint density at radius 3 is 2.20 bits per heavy atom. The topological polar surface area (TPSA) is 61.8 Å². The highest BCUT2D eigenvalue weighted by Crippen LogP contribution is 2.33. The first-order chi connectivity index (χ1) is 14.5. The predicted molar refractivity (Wildman–Crippen MR) is 119 cm³/mol. The zero-order valence-electron chi connectivity index (χ0n) is 18.4. The third-order valence-corrected chi connectivity index (χ3v) is 4.43. The number of hydrogen-bond acceptors (Lipinski definition) is 5. The summed E-state index contributed by atoms with van der Waals surface area (Å²) in [6.45, 7) is 10.4. The van der Waals surface area contributed by atoms with Crippen molar-refractivity contribution in [1.29, 1.82) is 0 Å². The summed E-state index contributed by atoms with van der Waals surface area (Å²) in [7, 11) is 0. The van der Waals surface area contributed by atoms with E-state index in [0.29, 0.717) is 26.1 Å². The molecule has 1 aromatic carbocycles. The van der Waals surface area contributed by atoms with Gasteiger partial charge in [0.05, 0.1) is 26.4 Å². The SMILES string of the molecule is C=C(C)/C=C/CCC(C/C=C\COCc1ccccc1)(C(=O)OCC)C(=O)OCC. The number of carbonyl (C=O) groups is 2. The van der Waals surface area contributed by atoms with Gasteiger partial charge >= 0.3 is 11.9 Å². The van der Waals surface area contributed by atoms with E-state index in [1.165, 1.54) is 0 Å². The highest BCUT2D eigenvalue weighted by Gasteiger charge is 2.47. The fourth-order valence-electron chi connectivity index (χ4n) is 2.88. The second-order valence-electron chi connectivity index (χ2n) is 6.99. The van der Waals surface area contributed by atoms with Gasteiger partial charge in [-0.05, 0) is 45.6 Å². The first-order valence-electron chi connectivity index (χ1n) is 10.4. The molecular formula is C25H34O5. The van der Waals surface area contributed by atoms with Gasteiger partial charge in [0.25, 0.3) is 0 Å². The molecule has 0 atom stereocenters. The average Bonchev–Trinajstić information content (AvgIpc) is 2.73. The Hall–Kier alpha value is -2.66. The lowest BCUT2D eigenvalue weighted by Gasteiger charge is -2.27. The van der Waals surface area contributed by atoms with Crippen molar-refractivity contribution in [1.82, 2.24) is 0 Å². The van der Waals surface area contributed by atoms with E-state index in [2.05, 4.69) is 6.58 Å². The minimum atomic E-state index is -1.37. The van der Waals surface area contributed by atoms with Gasteiger partial charge in [-0.3, -0.25) is 9.59 Å². The van der Waals surface area contributed by atoms with Gasteiger partial charge in [-0.2, -0.15) is 0 Å². The van der Waals surface area contributed by atoms with Gasteiger partial charge in [-0.25, -0.2) is 0 Å². The largest absolute Gasteiger partial charge is 0.465 e. The summed E-state index contributed by atoms with van der Waals surface area (Å²) < 4.78 is 16.1. The third-order valence-electron chi connectivity index (χ3n) is 4.43. The van der Waals surface area contributed by atoms with Crippen LogP contribution >= 0.6 is 0 Å². The maximum atomic E-state index is 12.8. The molecule has 5 nitrogen and oxygen atoms in total. The zero-order chi connectivity index (χ0) is 22.2. The number of ether oxygens (including phenoxy) is 3. The van der Waals surface area contributed by atoms with E-state index >= 15 is 0 Å². The molecule has 0 aromatic heterocycles. The molecule has 0 aliphatic rings. The molecule has 30 heavy (non-hydrogen) atoms. The van der Waals surface area contributed by atoms with E-state index in [9.17, 15) is 9.59 Å². The van der Waals surface area contributed by atoms with Crippen molar-refractivity contribution < 1.29 is 23.8 Å². The third kappa shape index (κ3) is 8.78. The Kier molecular flexibility index (Phi) is 12.1. The van der Waals surface area contributed by atoms with E-state index in [1.807, 2.05) is 55.5 Å². The molecule has 0 bridgehead atoms. The average molecular weight is 415 g/mol. The van der Waals surface area contributed by atoms with Crippen molar-refractivity contribution in [3.63, 3.8) is 0 Å². The molecule has 0 saturated heterocycles. The van der Waals surface area contributed by atoms with Gasteiger partial charge in [0.2, 0.25) is 0 Å². The molecule has 0 aliphatic heterocycles. The molecule has 0 aliphatic carbocycles. The molecule has 1 aromatic rings. The summed E-state index contributed by atoms with van der Waals surface area (Å²) in [4.78, 5) is 25.6. The first kappa shape index (κ1) is 25.4. The van der Waals surface area contributed by atoms with E-state index in [4.69, 9.17) is 14.2 Å². The number of esters is 2. The van der Waals surface area contributed by atoms with Crippen LogP contribution in [0.15, 0.2) is 66.8 Å². The second-order valence-corrected chi connectivity index (χ2v) is 6.99. The number of hydrogen-bond donors (Lipinski definition) is 0. The molecule has 0 unspecified atom stereocenters. The summed E-state index contributed by atoms with van der Waals surface area (Å²) in [6.07, 6.45) is 8.41. The minimum Gasteiger partial charge on any atom is -0.465 e. The number of benzene rings is 1. The maximum absolute atomic E-state index is 12.8. The minimum absolute atomic E-state index is 0.195. The maximum Gasteiger partial charge on any atom is 0.323 e. The fraction of sp³-hybridized carbons (Fsp3) is 0.440. The zero-order valence-corrected chi connectivity index (χ0v) is 18.4. The predicted octanol–water partition coefficient (Wildman–Crippen LogP) is 5.17. The Balaban J connectivity index is 2.83. The van der Waals surface area contributed by atoms with Crippen molar-refractivity contribution in [2.45, 2.75) is 46.6 Å². The summed E-state index contributed by atoms with van der Waals surface area (Å²) in [5.41, 5.74) is 0.618. The van der Waals surface area contributed by atoms with Crippen molar-refractivity contribution in [3.05, 3.63) is 72.4 Å². The van der Waals surface area contributed by atoms with Crippen molar-refractivity contribution in [2.75, 3.05) is 19.8 Å². The molecule has 1 rings (SSSR count). The molecule has 0 fully saturated rings. The molecule has 0 N–H and O–H groups in total.